The highest BCUT2D eigenvalue weighted by Gasteiger charge is 2.43. The molecule has 3 rings (SSSR count). The molecule has 0 amide bonds. The smallest absolute Gasteiger partial charge is 0.258 e. The molecule has 0 aliphatic heterocycles. The molecule has 5 heteroatoms. The third kappa shape index (κ3) is 1.84. The summed E-state index contributed by atoms with van der Waals surface area (Å²) in [6.07, 6.45) is 2.27. The Balaban J connectivity index is 1.98. The van der Waals surface area contributed by atoms with Gasteiger partial charge in [0.05, 0.1) is 0 Å². The maximum Gasteiger partial charge on any atom is 0.258 e. The van der Waals surface area contributed by atoms with Gasteiger partial charge in [-0.3, -0.25) is 0 Å². The Morgan fingerprint density at radius 2 is 2.18 bits per heavy atom. The predicted octanol–water partition coefficient (Wildman–Crippen LogP) is 3.13. The van der Waals surface area contributed by atoms with Crippen molar-refractivity contribution in [2.24, 2.45) is 0 Å². The van der Waals surface area contributed by atoms with E-state index >= 15 is 0 Å². The van der Waals surface area contributed by atoms with E-state index < -0.39 is 0 Å². The molecule has 0 spiro atoms. The molecule has 0 bridgehead atoms. The fourth-order valence-electron chi connectivity index (χ4n) is 1.67. The largest absolute Gasteiger partial charge is 0.398 e. The van der Waals surface area contributed by atoms with Crippen molar-refractivity contribution >= 4 is 21.6 Å². The maximum absolute atomic E-state index is 5.83. The number of nitrogen functional groups attached to an aromatic ring is 1. The standard InChI is InChI=1S/C12H12BrN3O/c1-12(4-5-12)11-15-10(17-16-11)7-2-3-8(13)9(14)6-7/h2-3,6H,4-5,14H2,1H3. The van der Waals surface area contributed by atoms with E-state index in [-0.39, 0.29) is 5.41 Å². The molecule has 0 atom stereocenters. The lowest BCUT2D eigenvalue weighted by molar-refractivity contribution is 0.416. The lowest BCUT2D eigenvalue weighted by atomic mass is 10.1. The Bertz CT molecular complexity index is 575. The van der Waals surface area contributed by atoms with Crippen molar-refractivity contribution < 1.29 is 4.52 Å². The Morgan fingerprint density at radius 3 is 2.82 bits per heavy atom. The van der Waals surface area contributed by atoms with Gasteiger partial charge in [-0.2, -0.15) is 4.98 Å². The average Bonchev–Trinajstić information content (AvgIpc) is 2.88. The summed E-state index contributed by atoms with van der Waals surface area (Å²) in [7, 11) is 0. The van der Waals surface area contributed by atoms with Gasteiger partial charge in [0.25, 0.3) is 5.89 Å². The van der Waals surface area contributed by atoms with E-state index in [2.05, 4.69) is 33.0 Å². The van der Waals surface area contributed by atoms with E-state index in [0.717, 1.165) is 28.7 Å². The summed E-state index contributed by atoms with van der Waals surface area (Å²) in [5.41, 5.74) is 7.48. The third-order valence-electron chi connectivity index (χ3n) is 3.21. The number of benzene rings is 1. The van der Waals surface area contributed by atoms with Crippen LogP contribution in [0.1, 0.15) is 25.6 Å². The molecule has 0 unspecified atom stereocenters. The van der Waals surface area contributed by atoms with Gasteiger partial charge in [0, 0.05) is 21.1 Å². The average molecular weight is 294 g/mol. The van der Waals surface area contributed by atoms with E-state index in [1.165, 1.54) is 0 Å². The number of rotatable bonds is 2. The first-order valence-corrected chi connectivity index (χ1v) is 6.27. The monoisotopic (exact) mass is 293 g/mol. The van der Waals surface area contributed by atoms with Gasteiger partial charge < -0.3 is 10.3 Å². The van der Waals surface area contributed by atoms with Crippen LogP contribution in [0.25, 0.3) is 11.5 Å². The fourth-order valence-corrected chi connectivity index (χ4v) is 1.92. The zero-order chi connectivity index (χ0) is 12.0. The van der Waals surface area contributed by atoms with Gasteiger partial charge in [-0.15, -0.1) is 0 Å². The zero-order valence-electron chi connectivity index (χ0n) is 9.40. The molecule has 1 aliphatic carbocycles. The molecule has 0 radical (unpaired) electrons. The van der Waals surface area contributed by atoms with Crippen LogP contribution in [0.4, 0.5) is 5.69 Å². The highest BCUT2D eigenvalue weighted by Crippen LogP contribution is 2.46. The van der Waals surface area contributed by atoms with Gasteiger partial charge in [0.1, 0.15) is 0 Å². The molecule has 2 aromatic rings. The first-order valence-electron chi connectivity index (χ1n) is 5.48. The van der Waals surface area contributed by atoms with Gasteiger partial charge in [0.15, 0.2) is 5.82 Å². The highest BCUT2D eigenvalue weighted by molar-refractivity contribution is 9.10. The van der Waals surface area contributed by atoms with Crippen LogP contribution in [0.3, 0.4) is 0 Å². The minimum absolute atomic E-state index is 0.128. The Morgan fingerprint density at radius 1 is 1.41 bits per heavy atom. The van der Waals surface area contributed by atoms with Crippen LogP contribution in [-0.2, 0) is 5.41 Å². The second-order valence-corrected chi connectivity index (χ2v) is 5.57. The van der Waals surface area contributed by atoms with Crippen molar-refractivity contribution in [1.29, 1.82) is 0 Å². The molecule has 88 valence electrons. The number of nitrogens with zero attached hydrogens (tertiary/aromatic N) is 2. The molecule has 1 aromatic carbocycles. The highest BCUT2D eigenvalue weighted by atomic mass is 79.9. The van der Waals surface area contributed by atoms with Crippen molar-refractivity contribution in [2.75, 3.05) is 5.73 Å². The van der Waals surface area contributed by atoms with Crippen molar-refractivity contribution in [2.45, 2.75) is 25.2 Å². The summed E-state index contributed by atoms with van der Waals surface area (Å²) >= 11 is 3.36. The summed E-state index contributed by atoms with van der Waals surface area (Å²) in [4.78, 5) is 4.44. The maximum atomic E-state index is 5.83. The number of hydrogen-bond donors (Lipinski definition) is 1. The number of hydrogen-bond acceptors (Lipinski definition) is 4. The number of aromatic nitrogens is 2. The second kappa shape index (κ2) is 3.57. The van der Waals surface area contributed by atoms with Gasteiger partial charge in [0.2, 0.25) is 0 Å². The van der Waals surface area contributed by atoms with Crippen LogP contribution in [0.5, 0.6) is 0 Å². The Kier molecular flexibility index (Phi) is 2.26. The van der Waals surface area contributed by atoms with Crippen molar-refractivity contribution in [1.82, 2.24) is 10.1 Å². The molecule has 4 nitrogen and oxygen atoms in total. The third-order valence-corrected chi connectivity index (χ3v) is 3.93. The van der Waals surface area contributed by atoms with Gasteiger partial charge in [-0.1, -0.05) is 12.1 Å². The van der Waals surface area contributed by atoms with Gasteiger partial charge in [-0.05, 0) is 47.0 Å². The predicted molar refractivity (Wildman–Crippen MR) is 68.4 cm³/mol. The van der Waals surface area contributed by atoms with Crippen molar-refractivity contribution in [3.8, 4) is 11.5 Å². The molecular weight excluding hydrogens is 282 g/mol. The number of nitrogens with two attached hydrogens (primary N) is 1. The van der Waals surface area contributed by atoms with E-state index in [9.17, 15) is 0 Å². The van der Waals surface area contributed by atoms with Gasteiger partial charge >= 0.3 is 0 Å². The summed E-state index contributed by atoms with van der Waals surface area (Å²) in [5.74, 6) is 1.33. The molecule has 0 saturated heterocycles. The van der Waals surface area contributed by atoms with Crippen LogP contribution in [0.2, 0.25) is 0 Å². The topological polar surface area (TPSA) is 64.9 Å². The van der Waals surface area contributed by atoms with Crippen LogP contribution in [0, 0.1) is 0 Å². The molecule has 1 heterocycles. The summed E-state index contributed by atoms with van der Waals surface area (Å²) < 4.78 is 6.15. The molecule has 1 fully saturated rings. The normalized spacial score (nSPS) is 17.1. The molecule has 1 aromatic heterocycles. The van der Waals surface area contributed by atoms with Crippen molar-refractivity contribution in [3.63, 3.8) is 0 Å². The first-order chi connectivity index (χ1) is 8.08. The first kappa shape index (κ1) is 10.8. The van der Waals surface area contributed by atoms with E-state index in [0.29, 0.717) is 11.6 Å². The van der Waals surface area contributed by atoms with Crippen molar-refractivity contribution in [3.05, 3.63) is 28.5 Å². The van der Waals surface area contributed by atoms with Crippen LogP contribution in [-0.4, -0.2) is 10.1 Å². The number of anilines is 1. The number of halogens is 1. The second-order valence-electron chi connectivity index (χ2n) is 4.72. The minimum Gasteiger partial charge on any atom is -0.398 e. The molecular formula is C12H12BrN3O. The lowest BCUT2D eigenvalue weighted by Gasteiger charge is -2.00. The van der Waals surface area contributed by atoms with Crippen LogP contribution in [0.15, 0.2) is 27.2 Å². The van der Waals surface area contributed by atoms with E-state index in [4.69, 9.17) is 10.3 Å². The molecule has 1 saturated carbocycles. The zero-order valence-corrected chi connectivity index (χ0v) is 11.0. The molecule has 1 aliphatic rings. The van der Waals surface area contributed by atoms with Gasteiger partial charge in [-0.25, -0.2) is 0 Å². The lowest BCUT2D eigenvalue weighted by Crippen LogP contribution is -2.01. The molecule has 17 heavy (non-hydrogen) atoms. The summed E-state index contributed by atoms with van der Waals surface area (Å²) in [6, 6.07) is 5.62. The fraction of sp³-hybridized carbons (Fsp3) is 0.333. The minimum atomic E-state index is 0.128. The SMILES string of the molecule is CC1(c2noc(-c3ccc(Br)c(N)c3)n2)CC1. The van der Waals surface area contributed by atoms with Crippen LogP contribution >= 0.6 is 15.9 Å². The van der Waals surface area contributed by atoms with E-state index in [1.807, 2.05) is 18.2 Å². The summed E-state index contributed by atoms with van der Waals surface area (Å²) in [6.45, 7) is 2.15. The Hall–Kier alpha value is -1.36. The van der Waals surface area contributed by atoms with Crippen LogP contribution < -0.4 is 5.73 Å². The van der Waals surface area contributed by atoms with E-state index in [1.54, 1.807) is 0 Å². The Labute approximate surface area is 107 Å². The summed E-state index contributed by atoms with van der Waals surface area (Å²) in [5, 5.41) is 4.04. The quantitative estimate of drug-likeness (QED) is 0.864. The molecule has 2 N–H and O–H groups in total.